The maximum Gasteiger partial charge on any atom is 0.230 e. The van der Waals surface area contributed by atoms with E-state index in [0.717, 1.165) is 5.56 Å². The molecule has 18 heavy (non-hydrogen) atoms. The number of aliphatic hydroxyl groups is 1. The minimum atomic E-state index is -0.101. The Hall–Kier alpha value is -2.40. The standard InChI is InChI=1S/C13H13N3O2/c14-12(15)11-5-2-6-16-13(11)18-10-4-1-3-9(7-10)8-17/h1-7,17H,8H2,(H3,14,15). The van der Waals surface area contributed by atoms with Gasteiger partial charge in [0.2, 0.25) is 5.88 Å². The fraction of sp³-hybridized carbons (Fsp3) is 0.0769. The number of nitrogens with two attached hydrogens (primary N) is 1. The maximum atomic E-state index is 9.05. The molecule has 0 aliphatic heterocycles. The van der Waals surface area contributed by atoms with Gasteiger partial charge in [0.05, 0.1) is 12.2 Å². The number of aromatic nitrogens is 1. The second-order valence-corrected chi connectivity index (χ2v) is 3.68. The Morgan fingerprint density at radius 2 is 2.17 bits per heavy atom. The Kier molecular flexibility index (Phi) is 3.54. The van der Waals surface area contributed by atoms with E-state index in [2.05, 4.69) is 4.98 Å². The molecule has 2 aromatic rings. The van der Waals surface area contributed by atoms with E-state index in [0.29, 0.717) is 11.3 Å². The SMILES string of the molecule is N=C(N)c1cccnc1Oc1cccc(CO)c1. The van der Waals surface area contributed by atoms with Crippen molar-refractivity contribution in [2.75, 3.05) is 0 Å². The van der Waals surface area contributed by atoms with Crippen LogP contribution in [0, 0.1) is 5.41 Å². The van der Waals surface area contributed by atoms with Crippen molar-refractivity contribution in [3.63, 3.8) is 0 Å². The van der Waals surface area contributed by atoms with Gasteiger partial charge in [0, 0.05) is 6.20 Å². The highest BCUT2D eigenvalue weighted by Gasteiger charge is 2.08. The maximum absolute atomic E-state index is 9.05. The number of nitrogens with zero attached hydrogens (tertiary/aromatic N) is 1. The molecular formula is C13H13N3O2. The van der Waals surface area contributed by atoms with Gasteiger partial charge in [-0.25, -0.2) is 4.98 Å². The molecule has 5 nitrogen and oxygen atoms in total. The first-order valence-electron chi connectivity index (χ1n) is 5.38. The van der Waals surface area contributed by atoms with E-state index in [1.807, 2.05) is 0 Å². The fourth-order valence-electron chi connectivity index (χ4n) is 1.50. The van der Waals surface area contributed by atoms with Gasteiger partial charge in [-0.05, 0) is 29.8 Å². The topological polar surface area (TPSA) is 92.2 Å². The van der Waals surface area contributed by atoms with Crippen LogP contribution in [-0.2, 0) is 6.61 Å². The van der Waals surface area contributed by atoms with Crippen molar-refractivity contribution in [1.29, 1.82) is 5.41 Å². The van der Waals surface area contributed by atoms with Gasteiger partial charge in [-0.1, -0.05) is 12.1 Å². The molecule has 2 rings (SSSR count). The van der Waals surface area contributed by atoms with Crippen LogP contribution < -0.4 is 10.5 Å². The van der Waals surface area contributed by atoms with Crippen molar-refractivity contribution in [3.8, 4) is 11.6 Å². The monoisotopic (exact) mass is 243 g/mol. The van der Waals surface area contributed by atoms with Crippen molar-refractivity contribution < 1.29 is 9.84 Å². The van der Waals surface area contributed by atoms with Gasteiger partial charge in [0.15, 0.2) is 0 Å². The summed E-state index contributed by atoms with van der Waals surface area (Å²) in [5.74, 6) is 0.722. The quantitative estimate of drug-likeness (QED) is 0.562. The molecule has 5 heteroatoms. The molecule has 1 heterocycles. The van der Waals surface area contributed by atoms with Crippen molar-refractivity contribution >= 4 is 5.84 Å². The molecule has 4 N–H and O–H groups in total. The number of nitrogen functional groups attached to an aromatic ring is 1. The third kappa shape index (κ3) is 2.64. The normalized spacial score (nSPS) is 10.1. The molecule has 0 fully saturated rings. The molecule has 1 aromatic carbocycles. The minimum Gasteiger partial charge on any atom is -0.438 e. The molecule has 0 atom stereocenters. The molecule has 0 aliphatic rings. The van der Waals surface area contributed by atoms with Crippen molar-refractivity contribution in [2.45, 2.75) is 6.61 Å². The second-order valence-electron chi connectivity index (χ2n) is 3.68. The van der Waals surface area contributed by atoms with E-state index >= 15 is 0 Å². The summed E-state index contributed by atoms with van der Waals surface area (Å²) < 4.78 is 5.57. The van der Waals surface area contributed by atoms with E-state index in [9.17, 15) is 0 Å². The summed E-state index contributed by atoms with van der Waals surface area (Å²) in [6, 6.07) is 10.4. The third-order valence-corrected chi connectivity index (χ3v) is 2.36. The van der Waals surface area contributed by atoms with Crippen molar-refractivity contribution in [3.05, 3.63) is 53.7 Å². The van der Waals surface area contributed by atoms with Crippen LogP contribution in [0.1, 0.15) is 11.1 Å². The molecule has 0 radical (unpaired) electrons. The second kappa shape index (κ2) is 5.29. The van der Waals surface area contributed by atoms with E-state index < -0.39 is 0 Å². The number of aliphatic hydroxyl groups excluding tert-OH is 1. The average Bonchev–Trinajstić information content (AvgIpc) is 2.39. The van der Waals surface area contributed by atoms with Crippen LogP contribution in [0.25, 0.3) is 0 Å². The lowest BCUT2D eigenvalue weighted by molar-refractivity contribution is 0.281. The van der Waals surface area contributed by atoms with Crippen LogP contribution in [0.15, 0.2) is 42.6 Å². The van der Waals surface area contributed by atoms with Gasteiger partial charge < -0.3 is 15.6 Å². The lowest BCUT2D eigenvalue weighted by Crippen LogP contribution is -2.12. The molecule has 0 aliphatic carbocycles. The number of ether oxygens (including phenoxy) is 1. The first-order valence-corrected chi connectivity index (χ1v) is 5.38. The van der Waals surface area contributed by atoms with Gasteiger partial charge >= 0.3 is 0 Å². The van der Waals surface area contributed by atoms with Crippen LogP contribution in [0.2, 0.25) is 0 Å². The number of benzene rings is 1. The minimum absolute atomic E-state index is 0.0566. The molecule has 0 saturated heterocycles. The predicted molar refractivity (Wildman–Crippen MR) is 67.7 cm³/mol. The van der Waals surface area contributed by atoms with E-state index in [4.69, 9.17) is 21.0 Å². The first-order chi connectivity index (χ1) is 8.70. The number of hydrogen-bond acceptors (Lipinski definition) is 4. The van der Waals surface area contributed by atoms with Gasteiger partial charge in [-0.3, -0.25) is 5.41 Å². The summed E-state index contributed by atoms with van der Waals surface area (Å²) in [4.78, 5) is 4.05. The molecule has 92 valence electrons. The van der Waals surface area contributed by atoms with Gasteiger partial charge in [-0.2, -0.15) is 0 Å². The summed E-state index contributed by atoms with van der Waals surface area (Å²) in [5.41, 5.74) is 6.63. The zero-order valence-electron chi connectivity index (χ0n) is 9.63. The van der Waals surface area contributed by atoms with Crippen LogP contribution in [-0.4, -0.2) is 15.9 Å². The Bertz CT molecular complexity index is 570. The highest BCUT2D eigenvalue weighted by Crippen LogP contribution is 2.23. The summed E-state index contributed by atoms with van der Waals surface area (Å²) >= 11 is 0. The number of pyridine rings is 1. The Morgan fingerprint density at radius 1 is 1.33 bits per heavy atom. The largest absolute Gasteiger partial charge is 0.438 e. The van der Waals surface area contributed by atoms with Crippen LogP contribution in [0.5, 0.6) is 11.6 Å². The molecule has 0 bridgehead atoms. The highest BCUT2D eigenvalue weighted by atomic mass is 16.5. The number of amidine groups is 1. The van der Waals surface area contributed by atoms with Crippen molar-refractivity contribution in [2.24, 2.45) is 5.73 Å². The third-order valence-electron chi connectivity index (χ3n) is 2.36. The Morgan fingerprint density at radius 3 is 2.89 bits per heavy atom. The lowest BCUT2D eigenvalue weighted by atomic mass is 10.2. The summed E-state index contributed by atoms with van der Waals surface area (Å²) in [7, 11) is 0. The average molecular weight is 243 g/mol. The summed E-state index contributed by atoms with van der Waals surface area (Å²) in [6.45, 7) is -0.0566. The Labute approximate surface area is 104 Å². The molecule has 0 unspecified atom stereocenters. The Balaban J connectivity index is 2.31. The fourth-order valence-corrected chi connectivity index (χ4v) is 1.50. The molecular weight excluding hydrogens is 230 g/mol. The van der Waals surface area contributed by atoms with Crippen molar-refractivity contribution in [1.82, 2.24) is 4.98 Å². The van der Waals surface area contributed by atoms with E-state index in [1.54, 1.807) is 42.6 Å². The van der Waals surface area contributed by atoms with Gasteiger partial charge in [0.25, 0.3) is 0 Å². The van der Waals surface area contributed by atoms with Gasteiger partial charge in [-0.15, -0.1) is 0 Å². The molecule has 1 aromatic heterocycles. The zero-order valence-corrected chi connectivity index (χ0v) is 9.63. The molecule has 0 amide bonds. The van der Waals surface area contributed by atoms with E-state index in [-0.39, 0.29) is 18.3 Å². The zero-order chi connectivity index (χ0) is 13.0. The predicted octanol–water partition coefficient (Wildman–Crippen LogP) is 1.65. The van der Waals surface area contributed by atoms with Crippen LogP contribution in [0.4, 0.5) is 0 Å². The number of rotatable bonds is 4. The van der Waals surface area contributed by atoms with Gasteiger partial charge in [0.1, 0.15) is 11.6 Å². The van der Waals surface area contributed by atoms with Crippen LogP contribution >= 0.6 is 0 Å². The summed E-state index contributed by atoms with van der Waals surface area (Å²) in [6.07, 6.45) is 1.57. The molecule has 0 spiro atoms. The highest BCUT2D eigenvalue weighted by molar-refractivity contribution is 5.97. The first kappa shape index (κ1) is 12.1. The summed E-state index contributed by atoms with van der Waals surface area (Å²) in [5, 5.41) is 16.5. The van der Waals surface area contributed by atoms with E-state index in [1.165, 1.54) is 0 Å². The number of nitrogens with one attached hydrogen (secondary N) is 1. The molecule has 0 saturated carbocycles. The number of hydrogen-bond donors (Lipinski definition) is 3. The lowest BCUT2D eigenvalue weighted by Gasteiger charge is -2.09. The van der Waals surface area contributed by atoms with Crippen LogP contribution in [0.3, 0.4) is 0 Å². The smallest absolute Gasteiger partial charge is 0.230 e.